The first-order valence-corrected chi connectivity index (χ1v) is 9.83. The van der Waals surface area contributed by atoms with Gasteiger partial charge < -0.3 is 15.1 Å². The topological polar surface area (TPSA) is 121 Å². The lowest BCUT2D eigenvalue weighted by atomic mass is 9.95. The van der Waals surface area contributed by atoms with Crippen LogP contribution < -0.4 is 0 Å². The number of phenolic OH excluding ortho intramolecular Hbond substituents is 1. The second-order valence-electron chi connectivity index (χ2n) is 7.45. The van der Waals surface area contributed by atoms with Crippen LogP contribution in [0.4, 0.5) is 10.1 Å². The minimum atomic E-state index is -1.03. The Balaban J connectivity index is 1.86. The van der Waals surface area contributed by atoms with Crippen molar-refractivity contribution in [1.29, 1.82) is 0 Å². The van der Waals surface area contributed by atoms with Crippen molar-refractivity contribution in [1.82, 2.24) is 4.90 Å². The SMILES string of the molecule is O=C1C(=O)N(Cc2ccc(F)cc2)C(c2ccc(O)cc2)/C1=C(/O)c1cccc([N+](=O)[O-])c1. The number of non-ortho nitro benzene ring substituents is 1. The number of rotatable bonds is 5. The summed E-state index contributed by atoms with van der Waals surface area (Å²) in [6.07, 6.45) is 0. The molecule has 33 heavy (non-hydrogen) atoms. The van der Waals surface area contributed by atoms with E-state index in [2.05, 4.69) is 0 Å². The summed E-state index contributed by atoms with van der Waals surface area (Å²) in [5.41, 5.74) is 0.459. The molecule has 1 fully saturated rings. The van der Waals surface area contributed by atoms with Gasteiger partial charge in [-0.2, -0.15) is 0 Å². The van der Waals surface area contributed by atoms with E-state index >= 15 is 0 Å². The van der Waals surface area contributed by atoms with E-state index in [0.29, 0.717) is 11.1 Å². The van der Waals surface area contributed by atoms with Crippen molar-refractivity contribution in [2.45, 2.75) is 12.6 Å². The highest BCUT2D eigenvalue weighted by molar-refractivity contribution is 6.46. The minimum absolute atomic E-state index is 0.00719. The number of nitro groups is 1. The Hall–Kier alpha value is -4.53. The minimum Gasteiger partial charge on any atom is -0.508 e. The number of carbonyl (C=O) groups excluding carboxylic acids is 2. The molecule has 1 atom stereocenters. The summed E-state index contributed by atoms with van der Waals surface area (Å²) in [6.45, 7) is -0.0535. The van der Waals surface area contributed by atoms with Crippen molar-refractivity contribution in [2.24, 2.45) is 0 Å². The number of benzene rings is 3. The van der Waals surface area contributed by atoms with Crippen molar-refractivity contribution in [3.63, 3.8) is 0 Å². The van der Waals surface area contributed by atoms with Crippen molar-refractivity contribution in [2.75, 3.05) is 0 Å². The molecule has 2 N–H and O–H groups in total. The largest absolute Gasteiger partial charge is 0.508 e. The van der Waals surface area contributed by atoms with E-state index in [-0.39, 0.29) is 29.1 Å². The van der Waals surface area contributed by atoms with Crippen LogP contribution in [0.2, 0.25) is 0 Å². The number of halogens is 1. The molecular weight excluding hydrogens is 431 g/mol. The van der Waals surface area contributed by atoms with Gasteiger partial charge in [-0.25, -0.2) is 4.39 Å². The van der Waals surface area contributed by atoms with Crippen LogP contribution in [0.5, 0.6) is 5.75 Å². The molecule has 3 aromatic carbocycles. The first-order valence-electron chi connectivity index (χ1n) is 9.83. The highest BCUT2D eigenvalue weighted by atomic mass is 19.1. The lowest BCUT2D eigenvalue weighted by molar-refractivity contribution is -0.384. The van der Waals surface area contributed by atoms with E-state index in [4.69, 9.17) is 0 Å². The lowest BCUT2D eigenvalue weighted by Gasteiger charge is -2.25. The Morgan fingerprint density at radius 2 is 1.70 bits per heavy atom. The summed E-state index contributed by atoms with van der Waals surface area (Å²) in [5.74, 6) is -2.89. The summed E-state index contributed by atoms with van der Waals surface area (Å²) < 4.78 is 13.3. The second-order valence-corrected chi connectivity index (χ2v) is 7.45. The van der Waals surface area contributed by atoms with Gasteiger partial charge in [-0.15, -0.1) is 0 Å². The molecule has 0 saturated carbocycles. The van der Waals surface area contributed by atoms with E-state index < -0.39 is 34.2 Å². The van der Waals surface area contributed by atoms with Crippen molar-refractivity contribution < 1.29 is 29.1 Å². The van der Waals surface area contributed by atoms with Gasteiger partial charge in [0, 0.05) is 24.2 Å². The number of hydrogen-bond donors (Lipinski definition) is 2. The molecular formula is C24H17FN2O6. The summed E-state index contributed by atoms with van der Waals surface area (Å²) in [4.78, 5) is 37.7. The molecule has 1 aliphatic rings. The molecule has 0 radical (unpaired) electrons. The van der Waals surface area contributed by atoms with Crippen LogP contribution in [-0.2, 0) is 16.1 Å². The van der Waals surface area contributed by atoms with Gasteiger partial charge in [0.05, 0.1) is 16.5 Å². The Morgan fingerprint density at radius 1 is 1.03 bits per heavy atom. The molecule has 1 aliphatic heterocycles. The molecule has 9 heteroatoms. The number of Topliss-reactive ketones (excluding diaryl/α,β-unsaturated/α-hetero) is 1. The number of aliphatic hydroxyl groups excluding tert-OH is 1. The van der Waals surface area contributed by atoms with E-state index in [9.17, 15) is 34.3 Å². The van der Waals surface area contributed by atoms with E-state index in [0.717, 1.165) is 6.07 Å². The van der Waals surface area contributed by atoms with Gasteiger partial charge in [0.1, 0.15) is 17.3 Å². The predicted octanol–water partition coefficient (Wildman–Crippen LogP) is 4.06. The van der Waals surface area contributed by atoms with Crippen LogP contribution in [-0.4, -0.2) is 31.7 Å². The molecule has 166 valence electrons. The van der Waals surface area contributed by atoms with E-state index in [1.807, 2.05) is 0 Å². The predicted molar refractivity (Wildman–Crippen MR) is 115 cm³/mol. The standard InChI is InChI=1S/C24H17FN2O6/c25-17-8-4-14(5-9-17)13-26-21(15-6-10-19(28)11-7-15)20(23(30)24(26)31)22(29)16-2-1-3-18(12-16)27(32)33/h1-12,21,28-29H,13H2/b22-20-. The second kappa shape index (κ2) is 8.54. The van der Waals surface area contributed by atoms with Crippen LogP contribution in [0.1, 0.15) is 22.7 Å². The smallest absolute Gasteiger partial charge is 0.295 e. The molecule has 1 amide bonds. The Morgan fingerprint density at radius 3 is 2.33 bits per heavy atom. The monoisotopic (exact) mass is 448 g/mol. The first kappa shape index (κ1) is 21.7. The molecule has 1 saturated heterocycles. The first-order chi connectivity index (χ1) is 15.8. The van der Waals surface area contributed by atoms with Crippen LogP contribution in [0.15, 0.2) is 78.4 Å². The molecule has 0 aliphatic carbocycles. The number of aromatic hydroxyl groups is 1. The fraction of sp³-hybridized carbons (Fsp3) is 0.0833. The van der Waals surface area contributed by atoms with Crippen LogP contribution in [0.3, 0.4) is 0 Å². The fourth-order valence-electron chi connectivity index (χ4n) is 3.76. The maximum absolute atomic E-state index is 13.3. The van der Waals surface area contributed by atoms with Gasteiger partial charge in [0.25, 0.3) is 17.4 Å². The number of phenols is 1. The fourth-order valence-corrected chi connectivity index (χ4v) is 3.76. The van der Waals surface area contributed by atoms with Gasteiger partial charge in [-0.1, -0.05) is 36.4 Å². The molecule has 0 bridgehead atoms. The third-order valence-electron chi connectivity index (χ3n) is 5.35. The Labute approximate surface area is 187 Å². The highest BCUT2D eigenvalue weighted by Gasteiger charge is 2.46. The number of hydrogen-bond acceptors (Lipinski definition) is 6. The van der Waals surface area contributed by atoms with Gasteiger partial charge in [0.2, 0.25) is 0 Å². The number of ketones is 1. The number of aliphatic hydroxyl groups is 1. The van der Waals surface area contributed by atoms with Crippen LogP contribution >= 0.6 is 0 Å². The average Bonchev–Trinajstić information content (AvgIpc) is 3.05. The highest BCUT2D eigenvalue weighted by Crippen LogP contribution is 2.41. The Kier molecular flexibility index (Phi) is 5.61. The molecule has 0 spiro atoms. The van der Waals surface area contributed by atoms with E-state index in [1.54, 1.807) is 0 Å². The van der Waals surface area contributed by atoms with Crippen LogP contribution in [0, 0.1) is 15.9 Å². The molecule has 4 rings (SSSR count). The van der Waals surface area contributed by atoms with Gasteiger partial charge >= 0.3 is 0 Å². The molecule has 3 aromatic rings. The van der Waals surface area contributed by atoms with Gasteiger partial charge in [0.15, 0.2) is 0 Å². The summed E-state index contributed by atoms with van der Waals surface area (Å²) in [7, 11) is 0. The zero-order valence-electron chi connectivity index (χ0n) is 17.0. The zero-order valence-corrected chi connectivity index (χ0v) is 17.0. The molecule has 8 nitrogen and oxygen atoms in total. The number of nitro benzene ring substituents is 1. The molecule has 0 aromatic heterocycles. The van der Waals surface area contributed by atoms with Gasteiger partial charge in [-0.3, -0.25) is 19.7 Å². The maximum Gasteiger partial charge on any atom is 0.295 e. The molecule has 1 unspecified atom stereocenters. The lowest BCUT2D eigenvalue weighted by Crippen LogP contribution is -2.29. The number of likely N-dealkylation sites (tertiary alicyclic amines) is 1. The summed E-state index contributed by atoms with van der Waals surface area (Å²) >= 11 is 0. The number of nitrogens with zero attached hydrogens (tertiary/aromatic N) is 2. The van der Waals surface area contributed by atoms with Crippen LogP contribution in [0.25, 0.3) is 5.76 Å². The number of carbonyl (C=O) groups is 2. The maximum atomic E-state index is 13.3. The molecule has 1 heterocycles. The quantitative estimate of drug-likeness (QED) is 0.200. The third-order valence-corrected chi connectivity index (χ3v) is 5.35. The summed E-state index contributed by atoms with van der Waals surface area (Å²) in [6, 6.07) is 15.2. The van der Waals surface area contributed by atoms with E-state index in [1.165, 1.54) is 71.6 Å². The normalized spacial score (nSPS) is 17.4. The number of amides is 1. The van der Waals surface area contributed by atoms with Gasteiger partial charge in [-0.05, 0) is 35.4 Å². The average molecular weight is 448 g/mol. The summed E-state index contributed by atoms with van der Waals surface area (Å²) in [5, 5.41) is 31.8. The van der Waals surface area contributed by atoms with Crippen molar-refractivity contribution in [3.05, 3.63) is 111 Å². The van der Waals surface area contributed by atoms with Crippen molar-refractivity contribution in [3.8, 4) is 5.75 Å². The Bertz CT molecular complexity index is 1290. The van der Waals surface area contributed by atoms with Crippen molar-refractivity contribution >= 4 is 23.1 Å². The third kappa shape index (κ3) is 4.16. The zero-order chi connectivity index (χ0) is 23.7.